The summed E-state index contributed by atoms with van der Waals surface area (Å²) in [4.78, 5) is 13.9. The zero-order chi connectivity index (χ0) is 13.0. The zero-order valence-electron chi connectivity index (χ0n) is 10.8. The maximum absolute atomic E-state index is 12.0. The van der Waals surface area contributed by atoms with Crippen LogP contribution < -0.4 is 10.5 Å². The number of methoxy groups -OCH3 is 1. The minimum Gasteiger partial charge on any atom is -0.496 e. The van der Waals surface area contributed by atoms with Gasteiger partial charge in [-0.25, -0.2) is 0 Å². The summed E-state index contributed by atoms with van der Waals surface area (Å²) in [5.41, 5.74) is 6.88. The van der Waals surface area contributed by atoms with Gasteiger partial charge in [-0.2, -0.15) is 0 Å². The van der Waals surface area contributed by atoms with Gasteiger partial charge in [-0.05, 0) is 24.5 Å². The van der Waals surface area contributed by atoms with Crippen LogP contribution in [0.25, 0.3) is 0 Å². The molecule has 0 spiro atoms. The van der Waals surface area contributed by atoms with Crippen LogP contribution in [0.2, 0.25) is 0 Å². The molecule has 1 aliphatic rings. The number of hydrogen-bond acceptors (Lipinski definition) is 3. The molecule has 0 radical (unpaired) electrons. The lowest BCUT2D eigenvalue weighted by atomic mass is 10.1. The fraction of sp³-hybridized carbons (Fsp3) is 0.500. The monoisotopic (exact) mass is 248 g/mol. The second-order valence-electron chi connectivity index (χ2n) is 4.70. The Bertz CT molecular complexity index is 420. The average molecular weight is 248 g/mol. The number of hydrogen-bond donors (Lipinski definition) is 1. The van der Waals surface area contributed by atoms with E-state index in [-0.39, 0.29) is 11.9 Å². The Balaban J connectivity index is 1.89. The van der Waals surface area contributed by atoms with E-state index in [2.05, 4.69) is 0 Å². The van der Waals surface area contributed by atoms with Crippen molar-refractivity contribution in [3.05, 3.63) is 29.8 Å². The first-order valence-electron chi connectivity index (χ1n) is 6.36. The number of rotatable bonds is 4. The van der Waals surface area contributed by atoms with Crippen LogP contribution in [0.4, 0.5) is 0 Å². The molecule has 0 aliphatic carbocycles. The van der Waals surface area contributed by atoms with E-state index >= 15 is 0 Å². The molecule has 1 unspecified atom stereocenters. The molecule has 1 aromatic carbocycles. The fourth-order valence-corrected chi connectivity index (χ4v) is 2.32. The molecule has 1 fully saturated rings. The van der Waals surface area contributed by atoms with Crippen LogP contribution in [0, 0.1) is 0 Å². The Morgan fingerprint density at radius 1 is 1.50 bits per heavy atom. The molecule has 2 N–H and O–H groups in total. The highest BCUT2D eigenvalue weighted by Crippen LogP contribution is 2.19. The molecule has 1 heterocycles. The minimum atomic E-state index is 0.153. The summed E-state index contributed by atoms with van der Waals surface area (Å²) in [6, 6.07) is 7.98. The third-order valence-corrected chi connectivity index (χ3v) is 3.38. The lowest BCUT2D eigenvalue weighted by Crippen LogP contribution is -2.31. The maximum Gasteiger partial charge on any atom is 0.222 e. The summed E-state index contributed by atoms with van der Waals surface area (Å²) in [6.45, 7) is 1.50. The molecule has 2 rings (SSSR count). The molecule has 0 aromatic heterocycles. The van der Waals surface area contributed by atoms with Gasteiger partial charge in [-0.15, -0.1) is 0 Å². The van der Waals surface area contributed by atoms with Gasteiger partial charge in [0, 0.05) is 25.6 Å². The molecule has 1 atom stereocenters. The van der Waals surface area contributed by atoms with Gasteiger partial charge >= 0.3 is 0 Å². The van der Waals surface area contributed by atoms with Gasteiger partial charge in [-0.1, -0.05) is 18.2 Å². The Morgan fingerprint density at radius 3 is 2.94 bits per heavy atom. The maximum atomic E-state index is 12.0. The quantitative estimate of drug-likeness (QED) is 0.870. The van der Waals surface area contributed by atoms with Crippen LogP contribution in [-0.2, 0) is 11.2 Å². The van der Waals surface area contributed by atoms with E-state index < -0.39 is 0 Å². The number of likely N-dealkylation sites (tertiary alicyclic amines) is 1. The Kier molecular flexibility index (Phi) is 4.20. The number of nitrogens with two attached hydrogens (primary N) is 1. The number of benzene rings is 1. The van der Waals surface area contributed by atoms with Crippen LogP contribution in [0.3, 0.4) is 0 Å². The first kappa shape index (κ1) is 12.9. The predicted molar refractivity (Wildman–Crippen MR) is 70.5 cm³/mol. The van der Waals surface area contributed by atoms with E-state index in [1.54, 1.807) is 7.11 Å². The van der Waals surface area contributed by atoms with E-state index in [4.69, 9.17) is 10.5 Å². The number of nitrogens with zero attached hydrogens (tertiary/aromatic N) is 1. The largest absolute Gasteiger partial charge is 0.496 e. The highest BCUT2D eigenvalue weighted by molar-refractivity contribution is 5.76. The number of para-hydroxylation sites is 1. The number of aryl methyl sites for hydroxylation is 1. The first-order chi connectivity index (χ1) is 8.70. The summed E-state index contributed by atoms with van der Waals surface area (Å²) in [5, 5.41) is 0. The van der Waals surface area contributed by atoms with Crippen molar-refractivity contribution in [1.29, 1.82) is 0 Å². The Labute approximate surface area is 108 Å². The van der Waals surface area contributed by atoms with Gasteiger partial charge in [0.2, 0.25) is 5.91 Å². The number of carbonyl (C=O) groups excluding carboxylic acids is 1. The predicted octanol–water partition coefficient (Wildman–Crippen LogP) is 1.19. The van der Waals surface area contributed by atoms with Crippen molar-refractivity contribution >= 4 is 5.91 Å². The highest BCUT2D eigenvalue weighted by Gasteiger charge is 2.23. The van der Waals surface area contributed by atoms with Crippen LogP contribution in [0.15, 0.2) is 24.3 Å². The van der Waals surface area contributed by atoms with Crippen molar-refractivity contribution in [3.63, 3.8) is 0 Å². The van der Waals surface area contributed by atoms with Gasteiger partial charge in [0.25, 0.3) is 0 Å². The minimum absolute atomic E-state index is 0.153. The second-order valence-corrected chi connectivity index (χ2v) is 4.70. The number of carbonyl (C=O) groups is 1. The van der Waals surface area contributed by atoms with Gasteiger partial charge in [0.1, 0.15) is 5.75 Å². The van der Waals surface area contributed by atoms with Crippen molar-refractivity contribution in [2.45, 2.75) is 25.3 Å². The number of ether oxygens (including phenoxy) is 1. The van der Waals surface area contributed by atoms with E-state index in [9.17, 15) is 4.79 Å². The first-order valence-corrected chi connectivity index (χ1v) is 6.36. The molecule has 1 aliphatic heterocycles. The van der Waals surface area contributed by atoms with Crippen LogP contribution in [0.1, 0.15) is 18.4 Å². The Hall–Kier alpha value is -1.55. The zero-order valence-corrected chi connectivity index (χ0v) is 10.8. The molecule has 18 heavy (non-hydrogen) atoms. The fourth-order valence-electron chi connectivity index (χ4n) is 2.32. The number of amides is 1. The smallest absolute Gasteiger partial charge is 0.222 e. The molecular weight excluding hydrogens is 228 g/mol. The molecule has 98 valence electrons. The SMILES string of the molecule is COc1ccccc1CCC(=O)N1CCC(N)C1. The molecule has 4 nitrogen and oxygen atoms in total. The van der Waals surface area contributed by atoms with Crippen molar-refractivity contribution in [2.24, 2.45) is 5.73 Å². The van der Waals surface area contributed by atoms with E-state index in [1.807, 2.05) is 29.2 Å². The highest BCUT2D eigenvalue weighted by atomic mass is 16.5. The molecule has 0 bridgehead atoms. The summed E-state index contributed by atoms with van der Waals surface area (Å²) >= 11 is 0. The van der Waals surface area contributed by atoms with E-state index in [0.717, 1.165) is 24.3 Å². The van der Waals surface area contributed by atoms with Crippen LogP contribution in [0.5, 0.6) is 5.75 Å². The van der Waals surface area contributed by atoms with Crippen molar-refractivity contribution in [1.82, 2.24) is 4.90 Å². The summed E-state index contributed by atoms with van der Waals surface area (Å²) in [7, 11) is 1.65. The Morgan fingerprint density at radius 2 is 2.28 bits per heavy atom. The van der Waals surface area contributed by atoms with Crippen LogP contribution >= 0.6 is 0 Å². The molecule has 1 aromatic rings. The molecule has 4 heteroatoms. The van der Waals surface area contributed by atoms with E-state index in [1.165, 1.54) is 0 Å². The van der Waals surface area contributed by atoms with Gasteiger partial charge in [0.15, 0.2) is 0 Å². The second kappa shape index (κ2) is 5.87. The average Bonchev–Trinajstić information content (AvgIpc) is 2.83. The van der Waals surface area contributed by atoms with Crippen molar-refractivity contribution in [3.8, 4) is 5.75 Å². The molecule has 0 saturated carbocycles. The van der Waals surface area contributed by atoms with Gasteiger partial charge in [0.05, 0.1) is 7.11 Å². The topological polar surface area (TPSA) is 55.6 Å². The summed E-state index contributed by atoms with van der Waals surface area (Å²) in [5.74, 6) is 1.04. The lowest BCUT2D eigenvalue weighted by molar-refractivity contribution is -0.130. The third kappa shape index (κ3) is 3.01. The van der Waals surface area contributed by atoms with Crippen molar-refractivity contribution < 1.29 is 9.53 Å². The standard InChI is InChI=1S/C14H20N2O2/c1-18-13-5-3-2-4-11(13)6-7-14(17)16-9-8-12(15)10-16/h2-5,12H,6-10,15H2,1H3. The summed E-state index contributed by atoms with van der Waals surface area (Å²) < 4.78 is 5.28. The van der Waals surface area contributed by atoms with E-state index in [0.29, 0.717) is 19.4 Å². The normalized spacial score (nSPS) is 19.0. The van der Waals surface area contributed by atoms with Gasteiger partial charge < -0.3 is 15.4 Å². The summed E-state index contributed by atoms with van der Waals surface area (Å²) in [6.07, 6.45) is 2.15. The van der Waals surface area contributed by atoms with Gasteiger partial charge in [-0.3, -0.25) is 4.79 Å². The van der Waals surface area contributed by atoms with Crippen LogP contribution in [-0.4, -0.2) is 37.0 Å². The lowest BCUT2D eigenvalue weighted by Gasteiger charge is -2.16. The molecule has 1 saturated heterocycles. The molecular formula is C14H20N2O2. The third-order valence-electron chi connectivity index (χ3n) is 3.38. The molecule has 1 amide bonds. The van der Waals surface area contributed by atoms with Crippen molar-refractivity contribution in [2.75, 3.05) is 20.2 Å².